The van der Waals surface area contributed by atoms with E-state index in [0.29, 0.717) is 17.2 Å². The van der Waals surface area contributed by atoms with Gasteiger partial charge < -0.3 is 25.7 Å². The maximum atomic E-state index is 12.9. The van der Waals surface area contributed by atoms with Crippen molar-refractivity contribution in [2.45, 2.75) is 13.5 Å². The third-order valence-corrected chi connectivity index (χ3v) is 7.43. The molecule has 0 spiro atoms. The van der Waals surface area contributed by atoms with E-state index >= 15 is 0 Å². The van der Waals surface area contributed by atoms with E-state index in [9.17, 15) is 14.4 Å². The van der Waals surface area contributed by atoms with Crippen LogP contribution in [0.25, 0.3) is 11.3 Å². The van der Waals surface area contributed by atoms with Crippen molar-refractivity contribution in [2.24, 2.45) is 0 Å². The van der Waals surface area contributed by atoms with Crippen molar-refractivity contribution in [1.29, 1.82) is 0 Å². The highest BCUT2D eigenvalue weighted by Gasteiger charge is 2.18. The van der Waals surface area contributed by atoms with Gasteiger partial charge >= 0.3 is 0 Å². The van der Waals surface area contributed by atoms with Gasteiger partial charge in [0.25, 0.3) is 16.8 Å². The number of hydrogen-bond donors (Lipinski definition) is 4. The minimum absolute atomic E-state index is 0.143. The van der Waals surface area contributed by atoms with Crippen molar-refractivity contribution >= 4 is 23.2 Å². The number of likely N-dealkylation sites (N-methyl/N-ethyl adjacent to an activating group) is 1. The molecule has 0 aliphatic carbocycles. The molecule has 2 aromatic heterocycles. The number of nitrogens with zero attached hydrogens (tertiary/aromatic N) is 5. The third-order valence-electron chi connectivity index (χ3n) is 7.43. The highest BCUT2D eigenvalue weighted by atomic mass is 16.3. The summed E-state index contributed by atoms with van der Waals surface area (Å²) in [4.78, 5) is 50.8. The largest absolute Gasteiger partial charge is 0.501 e. The molecule has 230 valence electrons. The third kappa shape index (κ3) is 7.74. The van der Waals surface area contributed by atoms with E-state index in [1.165, 1.54) is 5.56 Å². The summed E-state index contributed by atoms with van der Waals surface area (Å²) < 4.78 is 0. The molecule has 12 nitrogen and oxygen atoms in total. The molecule has 1 saturated heterocycles. The second-order valence-corrected chi connectivity index (χ2v) is 10.7. The molecule has 1 fully saturated rings. The standard InChI is InChI=1S/C29H31N7O.C4H2O4/c1-21-5-10-25(18-27(21)34-29-31-13-11-26(33-29)24-4-3-12-30-19-24)32-28(37)23-8-6-22(7-9-23)20-36-16-14-35(2)15-17-36;5-1-2(6)4(8)3(1)7/h3-13,18-19H,14-17,20H2,1-2H3,(H,32,37)(H,31,33,34);5-6H. The monoisotopic (exact) mass is 607 g/mol. The maximum Gasteiger partial charge on any atom is 0.275 e. The van der Waals surface area contributed by atoms with Crippen LogP contribution < -0.4 is 21.5 Å². The first kappa shape index (κ1) is 31.0. The van der Waals surface area contributed by atoms with Crippen molar-refractivity contribution < 1.29 is 15.0 Å². The molecular formula is C33H33N7O5. The highest BCUT2D eigenvalue weighted by molar-refractivity contribution is 6.04. The second-order valence-electron chi connectivity index (χ2n) is 10.7. The molecule has 12 heteroatoms. The number of carbonyl (C=O) groups excluding carboxylic acids is 1. The molecule has 3 aromatic carbocycles. The van der Waals surface area contributed by atoms with Gasteiger partial charge in [0.1, 0.15) is 0 Å². The lowest BCUT2D eigenvalue weighted by Gasteiger charge is -2.32. The average Bonchev–Trinajstić information content (AvgIpc) is 3.07. The van der Waals surface area contributed by atoms with Crippen molar-refractivity contribution in [3.05, 3.63) is 116 Å². The van der Waals surface area contributed by atoms with Crippen LogP contribution in [0, 0.1) is 6.92 Å². The van der Waals surface area contributed by atoms with Crippen LogP contribution in [0.5, 0.6) is 11.5 Å². The summed E-state index contributed by atoms with van der Waals surface area (Å²) in [5.74, 6) is -1.32. The number of aromatic hydroxyl groups is 2. The van der Waals surface area contributed by atoms with E-state index in [-0.39, 0.29) is 5.91 Å². The molecule has 0 radical (unpaired) electrons. The smallest absolute Gasteiger partial charge is 0.275 e. The van der Waals surface area contributed by atoms with Gasteiger partial charge in [-0.3, -0.25) is 24.3 Å². The Bertz CT molecular complexity index is 1820. The lowest BCUT2D eigenvalue weighted by molar-refractivity contribution is 0.102. The van der Waals surface area contributed by atoms with Gasteiger partial charge in [0.2, 0.25) is 17.4 Å². The maximum absolute atomic E-state index is 12.9. The number of hydrogen-bond acceptors (Lipinski definition) is 11. The molecular weight excluding hydrogens is 574 g/mol. The first-order chi connectivity index (χ1) is 21.7. The Morgan fingerprint density at radius 3 is 2.27 bits per heavy atom. The van der Waals surface area contributed by atoms with Crippen LogP contribution in [0.2, 0.25) is 0 Å². The summed E-state index contributed by atoms with van der Waals surface area (Å²) in [6.07, 6.45) is 5.22. The Morgan fingerprint density at radius 2 is 1.62 bits per heavy atom. The molecule has 0 unspecified atom stereocenters. The molecule has 0 saturated carbocycles. The number of nitrogens with one attached hydrogen (secondary N) is 2. The lowest BCUT2D eigenvalue weighted by atomic mass is 10.1. The number of pyridine rings is 1. The molecule has 4 N–H and O–H groups in total. The molecule has 3 heterocycles. The number of rotatable bonds is 7. The first-order valence-electron chi connectivity index (χ1n) is 14.3. The van der Waals surface area contributed by atoms with Crippen LogP contribution >= 0.6 is 0 Å². The normalized spacial score (nSPS) is 13.6. The Balaban J connectivity index is 0.000000436. The molecule has 1 aliphatic rings. The number of benzene rings is 2. The second kappa shape index (κ2) is 13.9. The Labute approximate surface area is 259 Å². The van der Waals surface area contributed by atoms with Gasteiger partial charge in [-0.1, -0.05) is 18.2 Å². The molecule has 1 aliphatic heterocycles. The topological polar surface area (TPSA) is 161 Å². The molecule has 6 rings (SSSR count). The van der Waals surface area contributed by atoms with Gasteiger partial charge in [-0.25, -0.2) is 9.97 Å². The fraction of sp³-hybridized carbons (Fsp3) is 0.212. The van der Waals surface area contributed by atoms with Gasteiger partial charge in [-0.05, 0) is 67.6 Å². The van der Waals surface area contributed by atoms with Crippen molar-refractivity contribution in [2.75, 3.05) is 43.9 Å². The summed E-state index contributed by atoms with van der Waals surface area (Å²) in [5, 5.41) is 22.7. The van der Waals surface area contributed by atoms with Crippen molar-refractivity contribution in [3.8, 4) is 22.8 Å². The average molecular weight is 608 g/mol. The number of anilines is 3. The summed E-state index contributed by atoms with van der Waals surface area (Å²) in [7, 11) is 2.16. The summed E-state index contributed by atoms with van der Waals surface area (Å²) in [6, 6.07) is 19.3. The van der Waals surface area contributed by atoms with E-state index < -0.39 is 22.4 Å². The van der Waals surface area contributed by atoms with Gasteiger partial charge in [0, 0.05) is 73.8 Å². The zero-order chi connectivity index (χ0) is 31.9. The van der Waals surface area contributed by atoms with Crippen LogP contribution in [-0.4, -0.2) is 74.1 Å². The summed E-state index contributed by atoms with van der Waals surface area (Å²) in [5.41, 5.74) is 4.06. The number of piperazine rings is 1. The van der Waals surface area contributed by atoms with Crippen LogP contribution in [0.15, 0.2) is 88.8 Å². The lowest BCUT2D eigenvalue weighted by Crippen LogP contribution is -2.43. The van der Waals surface area contributed by atoms with Gasteiger partial charge in [0.15, 0.2) is 0 Å². The van der Waals surface area contributed by atoms with E-state index in [4.69, 9.17) is 10.2 Å². The Kier molecular flexibility index (Phi) is 9.56. The van der Waals surface area contributed by atoms with E-state index in [0.717, 1.165) is 55.2 Å². The summed E-state index contributed by atoms with van der Waals surface area (Å²) in [6.45, 7) is 7.24. The zero-order valence-electron chi connectivity index (χ0n) is 24.9. The quantitative estimate of drug-likeness (QED) is 0.201. The molecule has 1 amide bonds. The number of aromatic nitrogens is 3. The van der Waals surface area contributed by atoms with E-state index in [1.54, 1.807) is 18.6 Å². The van der Waals surface area contributed by atoms with Crippen LogP contribution in [-0.2, 0) is 6.54 Å². The molecule has 45 heavy (non-hydrogen) atoms. The Morgan fingerprint density at radius 1 is 0.911 bits per heavy atom. The number of carbonyl (C=O) groups is 1. The van der Waals surface area contributed by atoms with Gasteiger partial charge in [-0.2, -0.15) is 0 Å². The minimum atomic E-state index is -1.01. The van der Waals surface area contributed by atoms with Crippen LogP contribution in [0.1, 0.15) is 21.5 Å². The SMILES string of the molecule is Cc1ccc(NC(=O)c2ccc(CN3CCN(C)CC3)cc2)cc1Nc1nccc(-c2cccnc2)n1.O=c1c(O)c(O)c1=O. The first-order valence-corrected chi connectivity index (χ1v) is 14.3. The Hall–Kier alpha value is -5.46. The summed E-state index contributed by atoms with van der Waals surface area (Å²) >= 11 is 0. The van der Waals surface area contributed by atoms with E-state index in [1.807, 2.05) is 67.6 Å². The highest BCUT2D eigenvalue weighted by Crippen LogP contribution is 2.25. The van der Waals surface area contributed by atoms with Crippen molar-refractivity contribution in [3.63, 3.8) is 0 Å². The fourth-order valence-electron chi connectivity index (χ4n) is 4.65. The molecule has 0 atom stereocenters. The van der Waals surface area contributed by atoms with E-state index in [2.05, 4.69) is 42.4 Å². The minimum Gasteiger partial charge on any atom is -0.501 e. The molecule has 5 aromatic rings. The van der Waals surface area contributed by atoms with Gasteiger partial charge in [-0.15, -0.1) is 0 Å². The van der Waals surface area contributed by atoms with Gasteiger partial charge in [0.05, 0.1) is 5.69 Å². The predicted molar refractivity (Wildman–Crippen MR) is 172 cm³/mol. The number of aryl methyl sites for hydroxylation is 1. The molecule has 0 bridgehead atoms. The van der Waals surface area contributed by atoms with Crippen molar-refractivity contribution in [1.82, 2.24) is 24.8 Å². The van der Waals surface area contributed by atoms with Crippen LogP contribution in [0.3, 0.4) is 0 Å². The fourth-order valence-corrected chi connectivity index (χ4v) is 4.65. The number of amides is 1. The van der Waals surface area contributed by atoms with Crippen LogP contribution in [0.4, 0.5) is 17.3 Å². The predicted octanol–water partition coefficient (Wildman–Crippen LogP) is 3.28. The zero-order valence-corrected chi connectivity index (χ0v) is 24.9.